The van der Waals surface area contributed by atoms with E-state index in [0.717, 1.165) is 12.1 Å². The van der Waals surface area contributed by atoms with Gasteiger partial charge in [0.1, 0.15) is 16.8 Å². The van der Waals surface area contributed by atoms with Crippen LogP contribution in [0.2, 0.25) is 5.15 Å². The molecule has 0 radical (unpaired) electrons. The summed E-state index contributed by atoms with van der Waals surface area (Å²) >= 11 is 7.44. The normalized spacial score (nSPS) is 11.5. The highest BCUT2D eigenvalue weighted by atomic mass is 127. The van der Waals surface area contributed by atoms with E-state index in [0.29, 0.717) is 9.26 Å². The van der Waals surface area contributed by atoms with Gasteiger partial charge in [0.15, 0.2) is 0 Å². The molecule has 8 heteroatoms. The van der Waals surface area contributed by atoms with Gasteiger partial charge in [-0.25, -0.2) is 9.37 Å². The van der Waals surface area contributed by atoms with Crippen molar-refractivity contribution in [3.63, 3.8) is 0 Å². The predicted octanol–water partition coefficient (Wildman–Crippen LogP) is 5.24. The van der Waals surface area contributed by atoms with Crippen LogP contribution < -0.4 is 5.32 Å². The minimum absolute atomic E-state index is 0.0608. The van der Waals surface area contributed by atoms with E-state index in [1.807, 2.05) is 22.6 Å². The Morgan fingerprint density at radius 2 is 1.85 bits per heavy atom. The van der Waals surface area contributed by atoms with Gasteiger partial charge in [-0.1, -0.05) is 11.6 Å². The van der Waals surface area contributed by atoms with Gasteiger partial charge in [0, 0.05) is 3.57 Å². The molecule has 2 nitrogen and oxygen atoms in total. The van der Waals surface area contributed by atoms with Crippen LogP contribution >= 0.6 is 34.2 Å². The molecule has 2 aromatic rings. The van der Waals surface area contributed by atoms with E-state index in [9.17, 15) is 17.6 Å². The minimum Gasteiger partial charge on any atom is -0.339 e. The first-order valence-electron chi connectivity index (χ1n) is 5.22. The fourth-order valence-electron chi connectivity index (χ4n) is 1.45. The van der Waals surface area contributed by atoms with Crippen molar-refractivity contribution in [1.82, 2.24) is 4.98 Å². The maximum absolute atomic E-state index is 13.0. The van der Waals surface area contributed by atoms with Crippen LogP contribution in [0, 0.1) is 9.39 Å². The molecule has 0 bridgehead atoms. The van der Waals surface area contributed by atoms with Crippen LogP contribution in [-0.4, -0.2) is 4.98 Å². The summed E-state index contributed by atoms with van der Waals surface area (Å²) in [5, 5.41) is 2.40. The number of nitrogens with one attached hydrogen (secondary N) is 1. The van der Waals surface area contributed by atoms with Gasteiger partial charge in [0.2, 0.25) is 0 Å². The third kappa shape index (κ3) is 3.72. The van der Waals surface area contributed by atoms with Gasteiger partial charge in [0.25, 0.3) is 0 Å². The molecule has 0 fully saturated rings. The van der Waals surface area contributed by atoms with Crippen LogP contribution in [0.1, 0.15) is 5.56 Å². The Kier molecular flexibility index (Phi) is 4.38. The lowest BCUT2D eigenvalue weighted by Crippen LogP contribution is -2.07. The largest absolute Gasteiger partial charge is 0.416 e. The molecular formula is C12H6ClF4IN2. The summed E-state index contributed by atoms with van der Waals surface area (Å²) in [6.45, 7) is 0. The number of hydrogen-bond acceptors (Lipinski definition) is 2. The van der Waals surface area contributed by atoms with Crippen LogP contribution in [0.15, 0.2) is 30.3 Å². The Morgan fingerprint density at radius 1 is 1.15 bits per heavy atom. The molecule has 1 N–H and O–H groups in total. The summed E-state index contributed by atoms with van der Waals surface area (Å²) in [4.78, 5) is 3.76. The van der Waals surface area contributed by atoms with Crippen LogP contribution in [-0.2, 0) is 6.18 Å². The maximum Gasteiger partial charge on any atom is 0.416 e. The van der Waals surface area contributed by atoms with E-state index >= 15 is 0 Å². The first kappa shape index (κ1) is 15.3. The molecular weight excluding hydrogens is 410 g/mol. The van der Waals surface area contributed by atoms with Crippen molar-refractivity contribution < 1.29 is 17.6 Å². The molecule has 106 valence electrons. The molecule has 20 heavy (non-hydrogen) atoms. The molecule has 0 amide bonds. The van der Waals surface area contributed by atoms with E-state index in [1.54, 1.807) is 0 Å². The lowest BCUT2D eigenvalue weighted by Gasteiger charge is -2.11. The van der Waals surface area contributed by atoms with Gasteiger partial charge in [-0.05, 0) is 52.9 Å². The molecule has 0 saturated heterocycles. The molecule has 1 aromatic carbocycles. The Hall–Kier alpha value is -1.09. The smallest absolute Gasteiger partial charge is 0.339 e. The van der Waals surface area contributed by atoms with Crippen LogP contribution in [0.3, 0.4) is 0 Å². The van der Waals surface area contributed by atoms with Crippen molar-refractivity contribution in [2.45, 2.75) is 6.18 Å². The number of anilines is 2. The third-order valence-electron chi connectivity index (χ3n) is 2.32. The Balaban J connectivity index is 2.36. The molecule has 2 rings (SSSR count). The maximum atomic E-state index is 13.0. The van der Waals surface area contributed by atoms with Gasteiger partial charge in [-0.3, -0.25) is 0 Å². The quantitative estimate of drug-likeness (QED) is 0.411. The number of nitrogens with zero attached hydrogens (tertiary/aromatic N) is 1. The molecule has 0 aliphatic heterocycles. The van der Waals surface area contributed by atoms with Gasteiger partial charge in [0.05, 0.1) is 11.3 Å². The highest BCUT2D eigenvalue weighted by Crippen LogP contribution is 2.33. The second kappa shape index (κ2) is 5.72. The average Bonchev–Trinajstić information content (AvgIpc) is 2.31. The van der Waals surface area contributed by atoms with E-state index in [4.69, 9.17) is 11.6 Å². The lowest BCUT2D eigenvalue weighted by molar-refractivity contribution is -0.137. The SMILES string of the molecule is Fc1ccc(Nc2cc(C(F)(F)F)cc(Cl)n2)c(I)c1. The highest BCUT2D eigenvalue weighted by molar-refractivity contribution is 14.1. The molecule has 0 aliphatic carbocycles. The average molecular weight is 417 g/mol. The van der Waals surface area contributed by atoms with E-state index in [-0.39, 0.29) is 11.0 Å². The van der Waals surface area contributed by atoms with Gasteiger partial charge in [-0.2, -0.15) is 13.2 Å². The number of hydrogen-bond donors (Lipinski definition) is 1. The first-order valence-corrected chi connectivity index (χ1v) is 6.68. The number of halogens is 6. The Labute approximate surface area is 130 Å². The van der Waals surface area contributed by atoms with Crippen LogP contribution in [0.25, 0.3) is 0 Å². The zero-order valence-corrected chi connectivity index (χ0v) is 12.5. The standard InChI is InChI=1S/C12H6ClF4IN2/c13-10-3-6(12(15,16)17)4-11(20-10)19-9-2-1-7(14)5-8(9)18/h1-5H,(H,19,20). The second-order valence-electron chi connectivity index (χ2n) is 3.81. The molecule has 0 spiro atoms. The molecule has 0 aliphatic rings. The summed E-state index contributed by atoms with van der Waals surface area (Å²) in [6, 6.07) is 5.43. The lowest BCUT2D eigenvalue weighted by atomic mass is 10.2. The molecule has 0 saturated carbocycles. The summed E-state index contributed by atoms with van der Waals surface area (Å²) in [5.41, 5.74) is -0.466. The fourth-order valence-corrected chi connectivity index (χ4v) is 2.27. The Bertz CT molecular complexity index is 646. The monoisotopic (exact) mass is 416 g/mol. The molecule has 1 aromatic heterocycles. The second-order valence-corrected chi connectivity index (χ2v) is 5.36. The van der Waals surface area contributed by atoms with Gasteiger partial charge in [-0.15, -0.1) is 0 Å². The number of benzene rings is 1. The zero-order valence-electron chi connectivity index (χ0n) is 9.60. The zero-order chi connectivity index (χ0) is 14.9. The third-order valence-corrected chi connectivity index (χ3v) is 3.40. The van der Waals surface area contributed by atoms with Crippen LogP contribution in [0.4, 0.5) is 29.1 Å². The molecule has 0 unspecified atom stereocenters. The van der Waals surface area contributed by atoms with Crippen molar-refractivity contribution in [1.29, 1.82) is 0 Å². The molecule has 0 atom stereocenters. The number of aromatic nitrogens is 1. The van der Waals surface area contributed by atoms with Crippen molar-refractivity contribution in [3.8, 4) is 0 Å². The fraction of sp³-hybridized carbons (Fsp3) is 0.0833. The van der Waals surface area contributed by atoms with Crippen molar-refractivity contribution in [3.05, 3.63) is 50.4 Å². The van der Waals surface area contributed by atoms with E-state index < -0.39 is 17.6 Å². The highest BCUT2D eigenvalue weighted by Gasteiger charge is 2.31. The number of pyridine rings is 1. The molecule has 1 heterocycles. The summed E-state index contributed by atoms with van der Waals surface area (Å²) in [6.07, 6.45) is -4.51. The topological polar surface area (TPSA) is 24.9 Å². The number of rotatable bonds is 2. The first-order chi connectivity index (χ1) is 9.25. The Morgan fingerprint density at radius 3 is 2.45 bits per heavy atom. The summed E-state index contributed by atoms with van der Waals surface area (Å²) in [5.74, 6) is -0.496. The van der Waals surface area contributed by atoms with Crippen LogP contribution in [0.5, 0.6) is 0 Å². The van der Waals surface area contributed by atoms with Gasteiger partial charge >= 0.3 is 6.18 Å². The summed E-state index contributed by atoms with van der Waals surface area (Å²) < 4.78 is 51.4. The van der Waals surface area contributed by atoms with Crippen molar-refractivity contribution in [2.75, 3.05) is 5.32 Å². The van der Waals surface area contributed by atoms with Crippen molar-refractivity contribution in [2.24, 2.45) is 0 Å². The predicted molar refractivity (Wildman–Crippen MR) is 76.6 cm³/mol. The van der Waals surface area contributed by atoms with E-state index in [2.05, 4.69) is 10.3 Å². The number of alkyl halides is 3. The van der Waals surface area contributed by atoms with Gasteiger partial charge < -0.3 is 5.32 Å². The van der Waals surface area contributed by atoms with E-state index in [1.165, 1.54) is 18.2 Å². The van der Waals surface area contributed by atoms with Crippen molar-refractivity contribution >= 4 is 45.7 Å². The summed E-state index contributed by atoms with van der Waals surface area (Å²) in [7, 11) is 0. The minimum atomic E-state index is -4.51.